The van der Waals surface area contributed by atoms with Gasteiger partial charge in [0.05, 0.1) is 18.9 Å². The van der Waals surface area contributed by atoms with Gasteiger partial charge in [0.15, 0.2) is 0 Å². The molecule has 0 bridgehead atoms. The van der Waals surface area contributed by atoms with Crippen LogP contribution < -0.4 is 5.43 Å². The van der Waals surface area contributed by atoms with E-state index in [1.807, 2.05) is 22.6 Å². The summed E-state index contributed by atoms with van der Waals surface area (Å²) < 4.78 is 1.48. The molecule has 0 spiro atoms. The first kappa shape index (κ1) is 9.14. The van der Waals surface area contributed by atoms with Gasteiger partial charge in [0.2, 0.25) is 5.43 Å². The van der Waals surface area contributed by atoms with Crippen LogP contribution in [0, 0.1) is 3.57 Å². The molecule has 2 heterocycles. The summed E-state index contributed by atoms with van der Waals surface area (Å²) in [5.74, 6) is 0. The lowest BCUT2D eigenvalue weighted by Crippen LogP contribution is -2.06. The summed E-state index contributed by atoms with van der Waals surface area (Å²) in [5, 5.41) is 0.612. The number of halogens is 2. The summed E-state index contributed by atoms with van der Waals surface area (Å²) in [5.41, 5.74) is 0.809. The number of pyridine rings is 2. The lowest BCUT2D eigenvalue weighted by atomic mass is 10.3. The van der Waals surface area contributed by atoms with Gasteiger partial charge in [0.25, 0.3) is 0 Å². The van der Waals surface area contributed by atoms with E-state index >= 15 is 0 Å². The summed E-state index contributed by atoms with van der Waals surface area (Å²) in [7, 11) is 0. The standard InChI is InChI=1S/C8H4BrIN2O/c9-5-2-11-1-4-7(5)12-3-6(10)8(4)13/h1-3H,(H,12,13). The average molecular weight is 351 g/mol. The van der Waals surface area contributed by atoms with Crippen LogP contribution in [0.1, 0.15) is 0 Å². The Morgan fingerprint density at radius 1 is 1.46 bits per heavy atom. The van der Waals surface area contributed by atoms with Crippen molar-refractivity contribution in [3.63, 3.8) is 0 Å². The second-order valence-corrected chi connectivity index (χ2v) is 4.53. The lowest BCUT2D eigenvalue weighted by molar-refractivity contribution is 1.28. The molecule has 3 nitrogen and oxygen atoms in total. The highest BCUT2D eigenvalue weighted by Gasteiger charge is 2.04. The van der Waals surface area contributed by atoms with E-state index in [1.165, 1.54) is 0 Å². The molecule has 0 saturated carbocycles. The molecule has 66 valence electrons. The Hall–Kier alpha value is -0.430. The molecule has 0 radical (unpaired) electrons. The fraction of sp³-hybridized carbons (Fsp3) is 0. The van der Waals surface area contributed by atoms with E-state index in [2.05, 4.69) is 25.9 Å². The van der Waals surface area contributed by atoms with E-state index < -0.39 is 0 Å². The van der Waals surface area contributed by atoms with E-state index in [0.29, 0.717) is 8.96 Å². The molecule has 5 heteroatoms. The third-order valence-electron chi connectivity index (χ3n) is 1.70. The maximum absolute atomic E-state index is 11.6. The van der Waals surface area contributed by atoms with Crippen molar-refractivity contribution in [1.29, 1.82) is 0 Å². The lowest BCUT2D eigenvalue weighted by Gasteiger charge is -1.99. The van der Waals surface area contributed by atoms with Crippen LogP contribution in [-0.4, -0.2) is 9.97 Å². The van der Waals surface area contributed by atoms with Gasteiger partial charge in [0, 0.05) is 18.6 Å². The summed E-state index contributed by atoms with van der Waals surface area (Å²) in [4.78, 5) is 18.6. The number of fused-ring (bicyclic) bond motifs is 1. The highest BCUT2D eigenvalue weighted by Crippen LogP contribution is 2.17. The minimum absolute atomic E-state index is 0.0168. The summed E-state index contributed by atoms with van der Waals surface area (Å²) >= 11 is 5.32. The van der Waals surface area contributed by atoms with Crippen LogP contribution in [0.5, 0.6) is 0 Å². The molecular weight excluding hydrogens is 347 g/mol. The molecule has 2 aromatic heterocycles. The molecule has 0 aliphatic carbocycles. The second-order valence-electron chi connectivity index (χ2n) is 2.51. The number of hydrogen-bond donors (Lipinski definition) is 1. The molecule has 0 aromatic carbocycles. The maximum Gasteiger partial charge on any atom is 0.204 e. The Balaban J connectivity index is 3.03. The van der Waals surface area contributed by atoms with Crippen LogP contribution in [0.15, 0.2) is 27.9 Å². The summed E-state index contributed by atoms with van der Waals surface area (Å²) in [6.07, 6.45) is 4.92. The monoisotopic (exact) mass is 350 g/mol. The summed E-state index contributed by atoms with van der Waals surface area (Å²) in [6.45, 7) is 0. The SMILES string of the molecule is O=c1c(I)c[nH]c2c(Br)cncc12. The normalized spacial score (nSPS) is 10.6. The molecule has 0 aliphatic heterocycles. The van der Waals surface area contributed by atoms with Gasteiger partial charge < -0.3 is 4.98 Å². The van der Waals surface area contributed by atoms with E-state index in [0.717, 1.165) is 9.99 Å². The quantitative estimate of drug-likeness (QED) is 0.741. The molecule has 0 amide bonds. The molecule has 13 heavy (non-hydrogen) atoms. The van der Waals surface area contributed by atoms with Crippen LogP contribution in [0.3, 0.4) is 0 Å². The van der Waals surface area contributed by atoms with Crippen molar-refractivity contribution in [1.82, 2.24) is 9.97 Å². The number of nitrogens with one attached hydrogen (secondary N) is 1. The Morgan fingerprint density at radius 2 is 2.23 bits per heavy atom. The third-order valence-corrected chi connectivity index (χ3v) is 3.11. The Labute approximate surface area is 95.8 Å². The first-order valence-corrected chi connectivity index (χ1v) is 5.37. The van der Waals surface area contributed by atoms with Crippen molar-refractivity contribution in [2.75, 3.05) is 0 Å². The molecule has 1 N–H and O–H groups in total. The third kappa shape index (κ3) is 1.50. The number of aromatic amines is 1. The molecule has 0 atom stereocenters. The van der Waals surface area contributed by atoms with Crippen LogP contribution >= 0.6 is 38.5 Å². The average Bonchev–Trinajstić information content (AvgIpc) is 2.12. The van der Waals surface area contributed by atoms with Crippen LogP contribution in [0.2, 0.25) is 0 Å². The highest BCUT2D eigenvalue weighted by atomic mass is 127. The van der Waals surface area contributed by atoms with E-state index in [4.69, 9.17) is 0 Å². The van der Waals surface area contributed by atoms with Crippen molar-refractivity contribution in [3.05, 3.63) is 36.9 Å². The fourth-order valence-corrected chi connectivity index (χ4v) is 1.98. The predicted molar refractivity (Wildman–Crippen MR) is 62.8 cm³/mol. The van der Waals surface area contributed by atoms with E-state index in [1.54, 1.807) is 18.6 Å². The molecule has 0 unspecified atom stereocenters. The summed E-state index contributed by atoms with van der Waals surface area (Å²) in [6, 6.07) is 0. The van der Waals surface area contributed by atoms with Crippen LogP contribution in [-0.2, 0) is 0 Å². The zero-order valence-corrected chi connectivity index (χ0v) is 10.1. The zero-order chi connectivity index (χ0) is 9.42. The maximum atomic E-state index is 11.6. The number of rotatable bonds is 0. The van der Waals surface area contributed by atoms with Gasteiger partial charge >= 0.3 is 0 Å². The van der Waals surface area contributed by atoms with E-state index in [-0.39, 0.29) is 5.43 Å². The van der Waals surface area contributed by atoms with Crippen molar-refractivity contribution in [2.24, 2.45) is 0 Å². The molecule has 2 aromatic rings. The van der Waals surface area contributed by atoms with Gasteiger partial charge in [-0.1, -0.05) is 0 Å². The number of aromatic nitrogens is 2. The zero-order valence-electron chi connectivity index (χ0n) is 6.34. The van der Waals surface area contributed by atoms with Crippen molar-refractivity contribution in [3.8, 4) is 0 Å². The largest absolute Gasteiger partial charge is 0.359 e. The highest BCUT2D eigenvalue weighted by molar-refractivity contribution is 14.1. The fourth-order valence-electron chi connectivity index (χ4n) is 1.08. The topological polar surface area (TPSA) is 45.8 Å². The predicted octanol–water partition coefficient (Wildman–Crippen LogP) is 2.29. The molecular formula is C8H4BrIN2O. The smallest absolute Gasteiger partial charge is 0.204 e. The van der Waals surface area contributed by atoms with Gasteiger partial charge in [0.1, 0.15) is 0 Å². The minimum Gasteiger partial charge on any atom is -0.359 e. The number of H-pyrrole nitrogens is 1. The van der Waals surface area contributed by atoms with Crippen molar-refractivity contribution < 1.29 is 0 Å². The van der Waals surface area contributed by atoms with E-state index in [9.17, 15) is 4.79 Å². The number of nitrogens with zero attached hydrogens (tertiary/aromatic N) is 1. The Bertz CT molecular complexity index is 523. The molecule has 0 aliphatic rings. The number of hydrogen-bond acceptors (Lipinski definition) is 2. The molecule has 2 rings (SSSR count). The first-order chi connectivity index (χ1) is 6.20. The van der Waals surface area contributed by atoms with Crippen LogP contribution in [0.4, 0.5) is 0 Å². The van der Waals surface area contributed by atoms with Gasteiger partial charge in [-0.15, -0.1) is 0 Å². The molecule has 0 saturated heterocycles. The first-order valence-electron chi connectivity index (χ1n) is 3.50. The Kier molecular flexibility index (Phi) is 2.37. The van der Waals surface area contributed by atoms with Gasteiger partial charge in [-0.2, -0.15) is 0 Å². The van der Waals surface area contributed by atoms with Gasteiger partial charge in [-0.3, -0.25) is 9.78 Å². The van der Waals surface area contributed by atoms with Crippen molar-refractivity contribution >= 4 is 49.4 Å². The Morgan fingerprint density at radius 3 is 3.00 bits per heavy atom. The van der Waals surface area contributed by atoms with Crippen LogP contribution in [0.25, 0.3) is 10.9 Å². The molecule has 0 fully saturated rings. The van der Waals surface area contributed by atoms with Crippen molar-refractivity contribution in [2.45, 2.75) is 0 Å². The van der Waals surface area contributed by atoms with Gasteiger partial charge in [-0.05, 0) is 38.5 Å². The minimum atomic E-state index is 0.0168. The second kappa shape index (κ2) is 3.38. The van der Waals surface area contributed by atoms with Gasteiger partial charge in [-0.25, -0.2) is 0 Å².